The van der Waals surface area contributed by atoms with Crippen molar-refractivity contribution in [2.75, 3.05) is 13.2 Å². The number of aliphatic carboxylic acids is 2. The number of hydrogen-bond acceptors (Lipinski definition) is 6. The second-order valence-electron chi connectivity index (χ2n) is 6.94. The van der Waals surface area contributed by atoms with Crippen LogP contribution in [0, 0.1) is 5.41 Å². The molecule has 4 N–H and O–H groups in total. The van der Waals surface area contributed by atoms with Crippen LogP contribution in [0.4, 0.5) is 0 Å². The summed E-state index contributed by atoms with van der Waals surface area (Å²) >= 11 is 8.02. The van der Waals surface area contributed by atoms with Gasteiger partial charge < -0.3 is 20.4 Å². The maximum absolute atomic E-state index is 9.87. The lowest BCUT2D eigenvalue weighted by molar-refractivity contribution is -0.138. The van der Waals surface area contributed by atoms with E-state index in [-0.39, 0.29) is 42.0 Å². The van der Waals surface area contributed by atoms with E-state index in [9.17, 15) is 9.59 Å². The lowest BCUT2D eigenvalue weighted by Gasteiger charge is -2.33. The van der Waals surface area contributed by atoms with E-state index >= 15 is 0 Å². The van der Waals surface area contributed by atoms with Crippen LogP contribution in [0.3, 0.4) is 0 Å². The van der Waals surface area contributed by atoms with E-state index in [4.69, 9.17) is 20.4 Å². The molecule has 0 bridgehead atoms. The van der Waals surface area contributed by atoms with Gasteiger partial charge in [-0.2, -0.15) is 25.3 Å². The number of rotatable bonds is 8. The van der Waals surface area contributed by atoms with Crippen molar-refractivity contribution in [2.45, 2.75) is 82.1 Å². The smallest absolute Gasteiger partial charge is 0.303 e. The molecule has 0 amide bonds. The van der Waals surface area contributed by atoms with Crippen molar-refractivity contribution in [2.24, 2.45) is 5.41 Å². The van der Waals surface area contributed by atoms with Crippen molar-refractivity contribution in [3.05, 3.63) is 0 Å². The first-order chi connectivity index (χ1) is 12.1. The second-order valence-corrected chi connectivity index (χ2v) is 8.70. The Morgan fingerprint density at radius 1 is 0.846 bits per heavy atom. The molecule has 0 saturated heterocycles. The Kier molecular flexibility index (Phi) is 17.9. The van der Waals surface area contributed by atoms with Gasteiger partial charge in [0.15, 0.2) is 0 Å². The predicted molar refractivity (Wildman–Crippen MR) is 110 cm³/mol. The highest BCUT2D eigenvalue weighted by Gasteiger charge is 2.30. The molecule has 0 heterocycles. The van der Waals surface area contributed by atoms with Crippen molar-refractivity contribution in [3.63, 3.8) is 0 Å². The zero-order valence-electron chi connectivity index (χ0n) is 15.9. The third-order valence-corrected chi connectivity index (χ3v) is 4.65. The summed E-state index contributed by atoms with van der Waals surface area (Å²) < 4.78 is 0. The lowest BCUT2D eigenvalue weighted by atomic mass is 9.75. The summed E-state index contributed by atoms with van der Waals surface area (Å²) in [5.41, 5.74) is -0.127. The average molecular weight is 413 g/mol. The summed E-state index contributed by atoms with van der Waals surface area (Å²) in [5.74, 6) is -1.49. The minimum absolute atomic E-state index is 0.127. The first-order valence-corrected chi connectivity index (χ1v) is 10.1. The van der Waals surface area contributed by atoms with Gasteiger partial charge in [-0.25, -0.2) is 0 Å². The van der Waals surface area contributed by atoms with Crippen LogP contribution < -0.4 is 0 Å². The molecular formula is C18H36O6S2. The van der Waals surface area contributed by atoms with Gasteiger partial charge in [-0.05, 0) is 36.2 Å². The monoisotopic (exact) mass is 412 g/mol. The molecule has 1 aliphatic rings. The number of carboxylic acid groups (broad SMARTS) is 2. The Bertz CT molecular complexity index is 341. The van der Waals surface area contributed by atoms with Crippen molar-refractivity contribution in [3.8, 4) is 0 Å². The van der Waals surface area contributed by atoms with E-state index in [1.54, 1.807) is 0 Å². The van der Waals surface area contributed by atoms with Crippen molar-refractivity contribution in [1.29, 1.82) is 0 Å². The summed E-state index contributed by atoms with van der Waals surface area (Å²) in [6.07, 6.45) is 7.36. The molecule has 2 unspecified atom stereocenters. The zero-order valence-corrected chi connectivity index (χ0v) is 17.7. The molecule has 0 aromatic rings. The van der Waals surface area contributed by atoms with Crippen molar-refractivity contribution >= 4 is 37.2 Å². The zero-order chi connectivity index (χ0) is 20.6. The molecule has 156 valence electrons. The average Bonchev–Trinajstić information content (AvgIpc) is 2.60. The molecule has 8 heteroatoms. The molecule has 0 spiro atoms. The highest BCUT2D eigenvalue weighted by Crippen LogP contribution is 2.34. The largest absolute Gasteiger partial charge is 0.481 e. The van der Waals surface area contributed by atoms with E-state index in [1.165, 1.54) is 19.3 Å². The molecule has 1 fully saturated rings. The molecular weight excluding hydrogens is 376 g/mol. The Balaban J connectivity index is 0. The van der Waals surface area contributed by atoms with E-state index in [1.807, 2.05) is 13.8 Å². The standard InChI is InChI=1S/C8H16O2.2C5H10O2S/c9-6-8(7-10)4-2-1-3-5-8;2*1-4(8)2-3-5(6)7/h9-10H,1-7H2;2*4,8H,2-3H2,1H3,(H,6,7). The highest BCUT2D eigenvalue weighted by molar-refractivity contribution is 7.81. The van der Waals surface area contributed by atoms with Crippen LogP contribution in [0.25, 0.3) is 0 Å². The number of aliphatic hydroxyl groups excluding tert-OH is 2. The third-order valence-electron chi connectivity index (χ3n) is 4.14. The van der Waals surface area contributed by atoms with Gasteiger partial charge in [0.25, 0.3) is 0 Å². The molecule has 6 nitrogen and oxygen atoms in total. The predicted octanol–water partition coefficient (Wildman–Crippen LogP) is 3.26. The number of aliphatic hydroxyl groups is 2. The van der Waals surface area contributed by atoms with Crippen LogP contribution in [0.2, 0.25) is 0 Å². The highest BCUT2D eigenvalue weighted by atomic mass is 32.1. The SMILES string of the molecule is CC(S)CCC(=O)O.CC(S)CCC(=O)O.OCC1(CO)CCCCC1. The maximum Gasteiger partial charge on any atom is 0.303 e. The van der Waals surface area contributed by atoms with Crippen LogP contribution >= 0.6 is 25.3 Å². The third kappa shape index (κ3) is 18.4. The molecule has 0 aliphatic heterocycles. The van der Waals surface area contributed by atoms with Gasteiger partial charge in [0, 0.05) is 18.3 Å². The van der Waals surface area contributed by atoms with Gasteiger partial charge >= 0.3 is 11.9 Å². The van der Waals surface area contributed by atoms with E-state index in [0.29, 0.717) is 12.8 Å². The summed E-state index contributed by atoms with van der Waals surface area (Å²) in [7, 11) is 0. The van der Waals surface area contributed by atoms with E-state index in [2.05, 4.69) is 25.3 Å². The summed E-state index contributed by atoms with van der Waals surface area (Å²) in [5, 5.41) is 34.6. The summed E-state index contributed by atoms with van der Waals surface area (Å²) in [4.78, 5) is 19.7. The Morgan fingerprint density at radius 3 is 1.35 bits per heavy atom. The fourth-order valence-electron chi connectivity index (χ4n) is 2.33. The normalized spacial score (nSPS) is 17.6. The quantitative estimate of drug-likeness (QED) is 0.341. The first kappa shape index (κ1) is 27.8. The number of thiol groups is 2. The molecule has 26 heavy (non-hydrogen) atoms. The van der Waals surface area contributed by atoms with Crippen LogP contribution in [0.5, 0.6) is 0 Å². The van der Waals surface area contributed by atoms with Gasteiger partial charge in [0.1, 0.15) is 0 Å². The van der Waals surface area contributed by atoms with Gasteiger partial charge in [0.2, 0.25) is 0 Å². The van der Waals surface area contributed by atoms with Gasteiger partial charge in [-0.1, -0.05) is 33.1 Å². The molecule has 0 aromatic heterocycles. The molecule has 1 aliphatic carbocycles. The number of carbonyl (C=O) groups is 2. The minimum atomic E-state index is -0.745. The van der Waals surface area contributed by atoms with Gasteiger partial charge in [-0.3, -0.25) is 9.59 Å². The number of carboxylic acids is 2. The van der Waals surface area contributed by atoms with Crippen LogP contribution in [0.1, 0.15) is 71.6 Å². The topological polar surface area (TPSA) is 115 Å². The molecule has 0 aromatic carbocycles. The fraction of sp³-hybridized carbons (Fsp3) is 0.889. The second kappa shape index (κ2) is 16.7. The molecule has 2 atom stereocenters. The minimum Gasteiger partial charge on any atom is -0.481 e. The van der Waals surface area contributed by atoms with Gasteiger partial charge in [0.05, 0.1) is 13.2 Å². The molecule has 0 radical (unpaired) electrons. The fourth-order valence-corrected chi connectivity index (χ4v) is 2.59. The Morgan fingerprint density at radius 2 is 1.19 bits per heavy atom. The van der Waals surface area contributed by atoms with Crippen molar-refractivity contribution in [1.82, 2.24) is 0 Å². The first-order valence-electron chi connectivity index (χ1n) is 9.10. The van der Waals surface area contributed by atoms with Gasteiger partial charge in [-0.15, -0.1) is 0 Å². The Hall–Kier alpha value is -0.440. The summed E-state index contributed by atoms with van der Waals surface area (Å²) in [6.45, 7) is 4.07. The van der Waals surface area contributed by atoms with Crippen molar-refractivity contribution < 1.29 is 30.0 Å². The number of hydrogen-bond donors (Lipinski definition) is 6. The maximum atomic E-state index is 9.87. The molecule has 1 saturated carbocycles. The summed E-state index contributed by atoms with van der Waals surface area (Å²) in [6, 6.07) is 0. The van der Waals surface area contributed by atoms with E-state index < -0.39 is 11.9 Å². The Labute approximate surface area is 168 Å². The van der Waals surface area contributed by atoms with Crippen LogP contribution in [-0.2, 0) is 9.59 Å². The van der Waals surface area contributed by atoms with Crippen LogP contribution in [0.15, 0.2) is 0 Å². The van der Waals surface area contributed by atoms with E-state index in [0.717, 1.165) is 12.8 Å². The molecule has 1 rings (SSSR count). The van der Waals surface area contributed by atoms with Crippen LogP contribution in [-0.4, -0.2) is 56.1 Å². The lowest BCUT2D eigenvalue weighted by Crippen LogP contribution is -2.31.